The van der Waals surface area contributed by atoms with Gasteiger partial charge in [0.2, 0.25) is 5.91 Å². The molecule has 4 amide bonds. The quantitative estimate of drug-likeness (QED) is 0.345. The third-order valence-electron chi connectivity index (χ3n) is 4.51. The highest BCUT2D eigenvalue weighted by atomic mass is 16.2. The van der Waals surface area contributed by atoms with Crippen LogP contribution in [0.4, 0.5) is 10.5 Å². The summed E-state index contributed by atoms with van der Waals surface area (Å²) in [6.45, 7) is 1.30. The molecule has 0 spiro atoms. The standard InChI is InChI=1S/C20H30N6O3/c1-24(2)12-5-6-17(19(28)25(3)4)23-22-16-9-7-15(8-10-16)11-13-26-18(27)14-21-20(26)29/h7-10,22H,5-6,11-14H2,1-4H3,(H,21,29)/b23-17-. The molecular weight excluding hydrogens is 372 g/mol. The smallest absolute Gasteiger partial charge is 0.324 e. The Morgan fingerprint density at radius 1 is 1.17 bits per heavy atom. The molecule has 1 aliphatic rings. The summed E-state index contributed by atoms with van der Waals surface area (Å²) in [5.41, 5.74) is 5.21. The lowest BCUT2D eigenvalue weighted by molar-refractivity contribution is -0.125. The fourth-order valence-electron chi connectivity index (χ4n) is 2.83. The number of anilines is 1. The molecule has 1 saturated heterocycles. The van der Waals surface area contributed by atoms with Crippen LogP contribution in [0, 0.1) is 0 Å². The second-order valence-corrected chi connectivity index (χ2v) is 7.43. The highest BCUT2D eigenvalue weighted by Crippen LogP contribution is 2.12. The van der Waals surface area contributed by atoms with E-state index in [-0.39, 0.29) is 24.4 Å². The molecule has 1 fully saturated rings. The van der Waals surface area contributed by atoms with Crippen molar-refractivity contribution in [3.63, 3.8) is 0 Å². The van der Waals surface area contributed by atoms with Crippen LogP contribution < -0.4 is 10.7 Å². The summed E-state index contributed by atoms with van der Waals surface area (Å²) in [6.07, 6.45) is 2.01. The SMILES string of the molecule is CN(C)CCC/C(=N/Nc1ccc(CCN2C(=O)CNC2=O)cc1)C(=O)N(C)C. The summed E-state index contributed by atoms with van der Waals surface area (Å²) >= 11 is 0. The Morgan fingerprint density at radius 3 is 2.41 bits per heavy atom. The third kappa shape index (κ3) is 6.86. The first-order valence-electron chi connectivity index (χ1n) is 9.64. The summed E-state index contributed by atoms with van der Waals surface area (Å²) in [4.78, 5) is 40.3. The van der Waals surface area contributed by atoms with E-state index in [9.17, 15) is 14.4 Å². The van der Waals surface area contributed by atoms with E-state index in [1.54, 1.807) is 14.1 Å². The van der Waals surface area contributed by atoms with Gasteiger partial charge in [0.05, 0.1) is 12.2 Å². The van der Waals surface area contributed by atoms with Crippen molar-refractivity contribution in [3.05, 3.63) is 29.8 Å². The zero-order valence-corrected chi connectivity index (χ0v) is 17.6. The highest BCUT2D eigenvalue weighted by molar-refractivity contribution is 6.38. The molecule has 0 aromatic heterocycles. The molecule has 1 aromatic rings. The average Bonchev–Trinajstić information content (AvgIpc) is 3.00. The van der Waals surface area contributed by atoms with Crippen molar-refractivity contribution >= 4 is 29.2 Å². The monoisotopic (exact) mass is 402 g/mol. The molecule has 0 saturated carbocycles. The van der Waals surface area contributed by atoms with Gasteiger partial charge in [-0.1, -0.05) is 12.1 Å². The number of urea groups is 1. The second-order valence-electron chi connectivity index (χ2n) is 7.43. The Morgan fingerprint density at radius 2 is 1.86 bits per heavy atom. The van der Waals surface area contributed by atoms with Crippen molar-refractivity contribution in [1.82, 2.24) is 20.0 Å². The third-order valence-corrected chi connectivity index (χ3v) is 4.51. The number of hydrazone groups is 1. The van der Waals surface area contributed by atoms with E-state index in [1.165, 1.54) is 9.80 Å². The van der Waals surface area contributed by atoms with E-state index in [0.29, 0.717) is 25.1 Å². The molecule has 2 rings (SSSR count). The molecule has 1 aromatic carbocycles. The Balaban J connectivity index is 1.93. The van der Waals surface area contributed by atoms with Crippen LogP contribution in [0.2, 0.25) is 0 Å². The molecule has 2 N–H and O–H groups in total. The van der Waals surface area contributed by atoms with Gasteiger partial charge in [0.15, 0.2) is 0 Å². The fourth-order valence-corrected chi connectivity index (χ4v) is 2.83. The molecule has 0 bridgehead atoms. The van der Waals surface area contributed by atoms with Gasteiger partial charge in [-0.15, -0.1) is 0 Å². The van der Waals surface area contributed by atoms with Crippen molar-refractivity contribution < 1.29 is 14.4 Å². The van der Waals surface area contributed by atoms with Gasteiger partial charge >= 0.3 is 6.03 Å². The number of imide groups is 1. The van der Waals surface area contributed by atoms with Crippen LogP contribution in [-0.4, -0.2) is 86.1 Å². The number of hydrogen-bond donors (Lipinski definition) is 2. The molecule has 9 heteroatoms. The number of rotatable bonds is 10. The minimum atomic E-state index is -0.338. The lowest BCUT2D eigenvalue weighted by atomic mass is 10.1. The molecule has 0 radical (unpaired) electrons. The highest BCUT2D eigenvalue weighted by Gasteiger charge is 2.27. The Hall–Kier alpha value is -2.94. The predicted molar refractivity (Wildman–Crippen MR) is 113 cm³/mol. The molecule has 1 aliphatic heterocycles. The molecular formula is C20H30N6O3. The Bertz CT molecular complexity index is 742. The lowest BCUT2D eigenvalue weighted by Gasteiger charge is -2.14. The van der Waals surface area contributed by atoms with Gasteiger partial charge in [0.25, 0.3) is 5.91 Å². The number of hydrogen-bond acceptors (Lipinski definition) is 6. The summed E-state index contributed by atoms with van der Waals surface area (Å²) < 4.78 is 0. The minimum Gasteiger partial charge on any atom is -0.344 e. The van der Waals surface area contributed by atoms with E-state index in [4.69, 9.17) is 0 Å². The van der Waals surface area contributed by atoms with Gasteiger partial charge in [-0.3, -0.25) is 19.9 Å². The molecule has 158 valence electrons. The van der Waals surface area contributed by atoms with Crippen LogP contribution in [0.1, 0.15) is 18.4 Å². The molecule has 0 atom stereocenters. The van der Waals surface area contributed by atoms with Crippen LogP contribution in [-0.2, 0) is 16.0 Å². The summed E-state index contributed by atoms with van der Waals surface area (Å²) in [5, 5.41) is 6.83. The Kier molecular flexibility index (Phi) is 8.14. The molecule has 9 nitrogen and oxygen atoms in total. The summed E-state index contributed by atoms with van der Waals surface area (Å²) in [6, 6.07) is 7.21. The lowest BCUT2D eigenvalue weighted by Crippen LogP contribution is -2.32. The number of carbonyl (C=O) groups excluding carboxylic acids is 3. The maximum Gasteiger partial charge on any atom is 0.324 e. The first-order valence-corrected chi connectivity index (χ1v) is 9.64. The van der Waals surface area contributed by atoms with Crippen molar-refractivity contribution in [2.24, 2.45) is 5.10 Å². The van der Waals surface area contributed by atoms with Crippen molar-refractivity contribution in [3.8, 4) is 0 Å². The van der Waals surface area contributed by atoms with Gasteiger partial charge < -0.3 is 15.1 Å². The van der Waals surface area contributed by atoms with E-state index >= 15 is 0 Å². The summed E-state index contributed by atoms with van der Waals surface area (Å²) in [7, 11) is 7.42. The maximum absolute atomic E-state index is 12.3. The zero-order chi connectivity index (χ0) is 21.4. The van der Waals surface area contributed by atoms with Gasteiger partial charge in [-0.25, -0.2) is 4.79 Å². The molecule has 0 aliphatic carbocycles. The zero-order valence-electron chi connectivity index (χ0n) is 17.6. The number of nitrogens with one attached hydrogen (secondary N) is 2. The number of benzene rings is 1. The van der Waals surface area contributed by atoms with Crippen LogP contribution in [0.3, 0.4) is 0 Å². The van der Waals surface area contributed by atoms with Crippen LogP contribution >= 0.6 is 0 Å². The topological polar surface area (TPSA) is 97.3 Å². The van der Waals surface area contributed by atoms with Crippen LogP contribution in [0.25, 0.3) is 0 Å². The van der Waals surface area contributed by atoms with Gasteiger partial charge in [0, 0.05) is 20.6 Å². The molecule has 0 unspecified atom stereocenters. The maximum atomic E-state index is 12.3. The van der Waals surface area contributed by atoms with Gasteiger partial charge in [-0.2, -0.15) is 5.10 Å². The van der Waals surface area contributed by atoms with Crippen LogP contribution in [0.15, 0.2) is 29.4 Å². The van der Waals surface area contributed by atoms with E-state index < -0.39 is 0 Å². The minimum absolute atomic E-state index is 0.0717. The van der Waals surface area contributed by atoms with Gasteiger partial charge in [-0.05, 0) is 57.6 Å². The fraction of sp³-hybridized carbons (Fsp3) is 0.500. The number of amides is 4. The predicted octanol–water partition coefficient (Wildman–Crippen LogP) is 0.979. The number of nitrogens with zero attached hydrogens (tertiary/aromatic N) is 4. The van der Waals surface area contributed by atoms with Crippen molar-refractivity contribution in [2.75, 3.05) is 53.3 Å². The molecule has 1 heterocycles. The largest absolute Gasteiger partial charge is 0.344 e. The van der Waals surface area contributed by atoms with Crippen molar-refractivity contribution in [2.45, 2.75) is 19.3 Å². The second kappa shape index (κ2) is 10.6. The van der Waals surface area contributed by atoms with E-state index in [2.05, 4.69) is 20.7 Å². The van der Waals surface area contributed by atoms with Gasteiger partial charge in [0.1, 0.15) is 5.71 Å². The Labute approximate surface area is 171 Å². The van der Waals surface area contributed by atoms with Crippen molar-refractivity contribution in [1.29, 1.82) is 0 Å². The normalized spacial score (nSPS) is 14.4. The summed E-state index contributed by atoms with van der Waals surface area (Å²) in [5.74, 6) is -0.309. The first-order chi connectivity index (χ1) is 13.8. The first kappa shape index (κ1) is 22.4. The number of carbonyl (C=O) groups is 3. The van der Waals surface area contributed by atoms with Crippen LogP contribution in [0.5, 0.6) is 0 Å². The molecule has 29 heavy (non-hydrogen) atoms. The average molecular weight is 402 g/mol. The van der Waals surface area contributed by atoms with E-state index in [1.807, 2.05) is 38.4 Å². The van der Waals surface area contributed by atoms with E-state index in [0.717, 1.165) is 24.2 Å².